The fourth-order valence-electron chi connectivity index (χ4n) is 3.58. The maximum atomic E-state index is 10.7. The van der Waals surface area contributed by atoms with Gasteiger partial charge in [-0.3, -0.25) is 10.2 Å². The number of hydrogen-bond acceptors (Lipinski definition) is 5. The number of carbonyl (C=O) groups is 2. The first-order valence-corrected chi connectivity index (χ1v) is 11.5. The summed E-state index contributed by atoms with van der Waals surface area (Å²) in [4.78, 5) is 21.1. The van der Waals surface area contributed by atoms with Crippen molar-refractivity contribution in [3.63, 3.8) is 0 Å². The highest BCUT2D eigenvalue weighted by atomic mass is 16.5. The largest absolute Gasteiger partial charge is 0.466 e. The molecular formula is C26H42N2O4. The molecule has 0 amide bonds. The molecule has 1 aromatic carbocycles. The van der Waals surface area contributed by atoms with E-state index in [4.69, 9.17) is 15.9 Å². The molecular weight excluding hydrogens is 404 g/mol. The second-order valence-corrected chi connectivity index (χ2v) is 8.02. The van der Waals surface area contributed by atoms with Crippen LogP contribution in [-0.4, -0.2) is 36.9 Å². The third-order valence-corrected chi connectivity index (χ3v) is 5.20. The van der Waals surface area contributed by atoms with Crippen molar-refractivity contribution < 1.29 is 19.1 Å². The van der Waals surface area contributed by atoms with Gasteiger partial charge < -0.3 is 20.0 Å². The molecule has 0 bridgehead atoms. The summed E-state index contributed by atoms with van der Waals surface area (Å²) in [7, 11) is 1.80. The van der Waals surface area contributed by atoms with Crippen LogP contribution in [0.25, 0.3) is 5.57 Å². The van der Waals surface area contributed by atoms with Crippen molar-refractivity contribution in [3.05, 3.63) is 42.0 Å². The van der Waals surface area contributed by atoms with Crippen LogP contribution in [0.4, 0.5) is 0 Å². The molecule has 180 valence electrons. The van der Waals surface area contributed by atoms with Crippen LogP contribution in [0.1, 0.15) is 90.2 Å². The lowest BCUT2D eigenvalue weighted by atomic mass is 9.84. The Morgan fingerprint density at radius 3 is 1.97 bits per heavy atom. The van der Waals surface area contributed by atoms with E-state index in [0.717, 1.165) is 48.8 Å². The van der Waals surface area contributed by atoms with E-state index in [1.807, 2.05) is 24.3 Å². The third-order valence-electron chi connectivity index (χ3n) is 5.20. The monoisotopic (exact) mass is 446 g/mol. The Hall–Kier alpha value is -2.47. The fourth-order valence-corrected chi connectivity index (χ4v) is 3.58. The van der Waals surface area contributed by atoms with Crippen LogP contribution in [0.3, 0.4) is 0 Å². The Bertz CT molecular complexity index is 720. The van der Waals surface area contributed by atoms with Gasteiger partial charge in [0, 0.05) is 31.9 Å². The second kappa shape index (κ2) is 16.2. The van der Waals surface area contributed by atoms with E-state index in [2.05, 4.69) is 25.2 Å². The standard InChI is InChI=1S/C18H28N2O.C8H14O3/c1-5-11-18(21-4,12-6-2)13-14(3)15-7-9-16(10-8-15)17(19)20;1-3-11-8(10)6-4-5-7(2)9/h7-10H,3,5-6,11-13H2,1-2,4H3,(H3,19,20);3-6H2,1-2H3. The number of nitrogens with one attached hydrogen (secondary N) is 1. The predicted molar refractivity (Wildman–Crippen MR) is 132 cm³/mol. The van der Waals surface area contributed by atoms with Gasteiger partial charge in [-0.2, -0.15) is 0 Å². The lowest BCUT2D eigenvalue weighted by Crippen LogP contribution is -2.31. The van der Waals surface area contributed by atoms with Crippen molar-refractivity contribution in [2.45, 2.75) is 84.7 Å². The van der Waals surface area contributed by atoms with Gasteiger partial charge in [0.15, 0.2) is 0 Å². The Labute approximate surface area is 194 Å². The number of ketones is 1. The Balaban J connectivity index is 0.000000739. The highest BCUT2D eigenvalue weighted by Gasteiger charge is 2.28. The number of methoxy groups -OCH3 is 1. The highest BCUT2D eigenvalue weighted by molar-refractivity contribution is 5.95. The molecule has 0 unspecified atom stereocenters. The number of rotatable bonds is 14. The number of benzene rings is 1. The maximum absolute atomic E-state index is 10.7. The average molecular weight is 447 g/mol. The molecule has 0 fully saturated rings. The van der Waals surface area contributed by atoms with E-state index in [0.29, 0.717) is 25.9 Å². The van der Waals surface area contributed by atoms with Crippen molar-refractivity contribution in [2.24, 2.45) is 5.73 Å². The zero-order valence-corrected chi connectivity index (χ0v) is 20.6. The quantitative estimate of drug-likeness (QED) is 0.218. The second-order valence-electron chi connectivity index (χ2n) is 8.02. The smallest absolute Gasteiger partial charge is 0.305 e. The number of hydrogen-bond donors (Lipinski definition) is 2. The van der Waals surface area contributed by atoms with Gasteiger partial charge in [-0.05, 0) is 44.2 Å². The highest BCUT2D eigenvalue weighted by Crippen LogP contribution is 2.34. The molecule has 32 heavy (non-hydrogen) atoms. The van der Waals surface area contributed by atoms with Gasteiger partial charge in [0.05, 0.1) is 12.2 Å². The van der Waals surface area contributed by atoms with Crippen LogP contribution >= 0.6 is 0 Å². The summed E-state index contributed by atoms with van der Waals surface area (Å²) >= 11 is 0. The molecule has 0 aliphatic heterocycles. The summed E-state index contributed by atoms with van der Waals surface area (Å²) in [5.41, 5.74) is 8.28. The molecule has 0 saturated heterocycles. The van der Waals surface area contributed by atoms with Crippen molar-refractivity contribution in [1.29, 1.82) is 5.41 Å². The van der Waals surface area contributed by atoms with Crippen molar-refractivity contribution in [2.75, 3.05) is 13.7 Å². The van der Waals surface area contributed by atoms with Crippen LogP contribution < -0.4 is 5.73 Å². The normalized spacial score (nSPS) is 10.7. The number of amidine groups is 1. The minimum atomic E-state index is -0.214. The molecule has 3 N–H and O–H groups in total. The first kappa shape index (κ1) is 29.5. The predicted octanol–water partition coefficient (Wildman–Crippen LogP) is 5.67. The molecule has 0 saturated carbocycles. The number of esters is 1. The van der Waals surface area contributed by atoms with E-state index in [1.165, 1.54) is 6.92 Å². The van der Waals surface area contributed by atoms with Crippen molar-refractivity contribution >= 4 is 23.2 Å². The van der Waals surface area contributed by atoms with Gasteiger partial charge in [0.2, 0.25) is 0 Å². The summed E-state index contributed by atoms with van der Waals surface area (Å²) in [6.45, 7) is 12.3. The van der Waals surface area contributed by atoms with E-state index in [1.54, 1.807) is 14.0 Å². The van der Waals surface area contributed by atoms with Gasteiger partial charge in [-0.25, -0.2) is 0 Å². The molecule has 6 heteroatoms. The average Bonchev–Trinajstić information content (AvgIpc) is 2.74. The minimum absolute atomic E-state index is 0.0929. The SMILES string of the molecule is C=C(CC(CCC)(CCC)OC)c1ccc(C(=N)N)cc1.CCOC(=O)CCCC(C)=O. The topological polar surface area (TPSA) is 102 Å². The molecule has 1 rings (SSSR count). The van der Waals surface area contributed by atoms with Gasteiger partial charge in [-0.15, -0.1) is 0 Å². The van der Waals surface area contributed by atoms with Crippen molar-refractivity contribution in [3.8, 4) is 0 Å². The fraction of sp³-hybridized carbons (Fsp3) is 0.577. The Morgan fingerprint density at radius 1 is 1.03 bits per heavy atom. The molecule has 0 atom stereocenters. The molecule has 0 aliphatic carbocycles. The number of nitrogens with two attached hydrogens (primary N) is 1. The van der Waals surface area contributed by atoms with E-state index in [9.17, 15) is 9.59 Å². The molecule has 0 aromatic heterocycles. The van der Waals surface area contributed by atoms with E-state index >= 15 is 0 Å². The summed E-state index contributed by atoms with van der Waals surface area (Å²) in [6, 6.07) is 7.71. The Morgan fingerprint density at radius 2 is 1.56 bits per heavy atom. The summed E-state index contributed by atoms with van der Waals surface area (Å²) in [5, 5.41) is 7.43. The molecule has 6 nitrogen and oxygen atoms in total. The lowest BCUT2D eigenvalue weighted by Gasteiger charge is -2.33. The van der Waals surface area contributed by atoms with Crippen LogP contribution in [0.15, 0.2) is 30.8 Å². The minimum Gasteiger partial charge on any atom is -0.466 e. The first-order chi connectivity index (χ1) is 15.1. The zero-order chi connectivity index (χ0) is 24.6. The van der Waals surface area contributed by atoms with Gasteiger partial charge in [0.25, 0.3) is 0 Å². The van der Waals surface area contributed by atoms with Crippen LogP contribution in [0.2, 0.25) is 0 Å². The number of Topliss-reactive ketones (excluding diaryl/α,β-unsaturated/α-hetero) is 1. The van der Waals surface area contributed by atoms with Crippen molar-refractivity contribution in [1.82, 2.24) is 0 Å². The van der Waals surface area contributed by atoms with E-state index in [-0.39, 0.29) is 23.2 Å². The van der Waals surface area contributed by atoms with Gasteiger partial charge >= 0.3 is 5.97 Å². The molecule has 0 heterocycles. The third kappa shape index (κ3) is 11.8. The molecule has 0 radical (unpaired) electrons. The van der Waals surface area contributed by atoms with Gasteiger partial charge in [0.1, 0.15) is 11.6 Å². The lowest BCUT2D eigenvalue weighted by molar-refractivity contribution is -0.143. The van der Waals surface area contributed by atoms with Crippen LogP contribution in [0, 0.1) is 5.41 Å². The Kier molecular flexibility index (Phi) is 15.0. The van der Waals surface area contributed by atoms with E-state index < -0.39 is 0 Å². The number of nitrogen functional groups attached to an aromatic ring is 1. The molecule has 0 aliphatic rings. The summed E-state index contributed by atoms with van der Waals surface area (Å²) in [5.74, 6) is -0.00147. The van der Waals surface area contributed by atoms with Crippen LogP contribution in [0.5, 0.6) is 0 Å². The number of ether oxygens (including phenoxy) is 2. The summed E-state index contributed by atoms with van der Waals surface area (Å²) in [6.07, 6.45) is 6.56. The maximum Gasteiger partial charge on any atom is 0.305 e. The molecule has 1 aromatic rings. The van der Waals surface area contributed by atoms with Crippen LogP contribution in [-0.2, 0) is 19.1 Å². The first-order valence-electron chi connectivity index (χ1n) is 11.5. The summed E-state index contributed by atoms with van der Waals surface area (Å²) < 4.78 is 10.5. The molecule has 0 spiro atoms. The van der Waals surface area contributed by atoms with Gasteiger partial charge in [-0.1, -0.05) is 57.5 Å². The zero-order valence-electron chi connectivity index (χ0n) is 20.6. The number of carbonyl (C=O) groups excluding carboxylic acids is 2.